The van der Waals surface area contributed by atoms with Crippen LogP contribution in [-0.2, 0) is 0 Å². The van der Waals surface area contributed by atoms with Gasteiger partial charge in [0, 0.05) is 18.6 Å². The summed E-state index contributed by atoms with van der Waals surface area (Å²) in [6, 6.07) is 0.137. The van der Waals surface area contributed by atoms with Crippen LogP contribution in [0.4, 0.5) is 10.9 Å². The van der Waals surface area contributed by atoms with Crippen LogP contribution in [0.1, 0.15) is 44.3 Å². The number of carbonyl (C=O) groups excluding carboxylic acids is 1. The molecule has 0 spiro atoms. The van der Waals surface area contributed by atoms with Crippen molar-refractivity contribution >= 4 is 28.2 Å². The van der Waals surface area contributed by atoms with Gasteiger partial charge in [-0.15, -0.1) is 0 Å². The fourth-order valence-corrected chi connectivity index (χ4v) is 2.33. The van der Waals surface area contributed by atoms with E-state index in [4.69, 9.17) is 5.73 Å². The number of aromatic nitrogens is 1. The highest BCUT2D eigenvalue weighted by Gasteiger charge is 2.22. The van der Waals surface area contributed by atoms with E-state index >= 15 is 0 Å². The molecule has 0 unspecified atom stereocenters. The maximum Gasteiger partial charge on any atom is 0.267 e. The first-order valence-electron chi connectivity index (χ1n) is 5.93. The quantitative estimate of drug-likeness (QED) is 0.885. The summed E-state index contributed by atoms with van der Waals surface area (Å²) in [6.07, 6.45) is 0. The van der Waals surface area contributed by atoms with E-state index in [9.17, 15) is 4.79 Å². The SMILES string of the molecule is CC(C)N(C)C(=O)c1sc(NC(C)(C)C)nc1N. The van der Waals surface area contributed by atoms with Crippen LogP contribution in [0.3, 0.4) is 0 Å². The van der Waals surface area contributed by atoms with Crippen LogP contribution in [0.5, 0.6) is 0 Å². The first-order chi connectivity index (χ1) is 8.11. The van der Waals surface area contributed by atoms with Gasteiger partial charge in [0.05, 0.1) is 0 Å². The van der Waals surface area contributed by atoms with Crippen molar-refractivity contribution in [1.82, 2.24) is 9.88 Å². The zero-order chi connectivity index (χ0) is 14.1. The number of rotatable bonds is 3. The van der Waals surface area contributed by atoms with Gasteiger partial charge in [0.15, 0.2) is 5.13 Å². The number of nitrogens with one attached hydrogen (secondary N) is 1. The molecule has 18 heavy (non-hydrogen) atoms. The average Bonchev–Trinajstić information content (AvgIpc) is 2.54. The molecule has 0 bridgehead atoms. The first-order valence-corrected chi connectivity index (χ1v) is 6.75. The third kappa shape index (κ3) is 3.60. The summed E-state index contributed by atoms with van der Waals surface area (Å²) >= 11 is 1.30. The minimum atomic E-state index is -0.103. The number of nitrogen functional groups attached to an aromatic ring is 1. The van der Waals surface area contributed by atoms with Crippen molar-refractivity contribution < 1.29 is 4.79 Å². The van der Waals surface area contributed by atoms with E-state index in [2.05, 4.69) is 10.3 Å². The average molecular weight is 270 g/mol. The summed E-state index contributed by atoms with van der Waals surface area (Å²) in [7, 11) is 1.77. The molecule has 0 fully saturated rings. The van der Waals surface area contributed by atoms with Gasteiger partial charge < -0.3 is 16.0 Å². The van der Waals surface area contributed by atoms with Crippen LogP contribution in [-0.4, -0.2) is 34.4 Å². The monoisotopic (exact) mass is 270 g/mol. The van der Waals surface area contributed by atoms with Gasteiger partial charge in [-0.2, -0.15) is 0 Å². The zero-order valence-corrected chi connectivity index (χ0v) is 12.7. The molecule has 0 aliphatic rings. The Morgan fingerprint density at radius 1 is 1.44 bits per heavy atom. The Labute approximate surface area is 112 Å². The van der Waals surface area contributed by atoms with E-state index in [-0.39, 0.29) is 17.5 Å². The Morgan fingerprint density at radius 3 is 2.44 bits per heavy atom. The first kappa shape index (κ1) is 14.8. The van der Waals surface area contributed by atoms with Crippen molar-refractivity contribution in [3.05, 3.63) is 4.88 Å². The molecular weight excluding hydrogens is 248 g/mol. The van der Waals surface area contributed by atoms with Gasteiger partial charge in [-0.25, -0.2) is 4.98 Å². The second-order valence-corrected chi connectivity index (χ2v) is 6.62. The summed E-state index contributed by atoms with van der Waals surface area (Å²) in [5.74, 6) is 0.214. The molecule has 3 N–H and O–H groups in total. The Hall–Kier alpha value is -1.30. The third-order valence-corrected chi connectivity index (χ3v) is 3.40. The van der Waals surface area contributed by atoms with Gasteiger partial charge in [-0.1, -0.05) is 11.3 Å². The maximum absolute atomic E-state index is 12.2. The van der Waals surface area contributed by atoms with Crippen molar-refractivity contribution in [2.45, 2.75) is 46.2 Å². The molecule has 102 valence electrons. The van der Waals surface area contributed by atoms with E-state index in [0.29, 0.717) is 15.8 Å². The lowest BCUT2D eigenvalue weighted by molar-refractivity contribution is 0.0760. The summed E-state index contributed by atoms with van der Waals surface area (Å²) in [5, 5.41) is 3.90. The van der Waals surface area contributed by atoms with Crippen LogP contribution in [0.15, 0.2) is 0 Å². The van der Waals surface area contributed by atoms with Crippen molar-refractivity contribution in [2.24, 2.45) is 0 Å². The highest BCUT2D eigenvalue weighted by molar-refractivity contribution is 7.18. The van der Waals surface area contributed by atoms with Gasteiger partial charge in [0.2, 0.25) is 0 Å². The van der Waals surface area contributed by atoms with Crippen molar-refractivity contribution in [3.63, 3.8) is 0 Å². The normalized spacial score (nSPS) is 11.7. The van der Waals surface area contributed by atoms with Crippen molar-refractivity contribution in [3.8, 4) is 0 Å². The number of thiazole rings is 1. The summed E-state index contributed by atoms with van der Waals surface area (Å²) in [5.41, 5.74) is 5.71. The molecule has 0 radical (unpaired) electrons. The summed E-state index contributed by atoms with van der Waals surface area (Å²) < 4.78 is 0. The van der Waals surface area contributed by atoms with Crippen molar-refractivity contribution in [2.75, 3.05) is 18.1 Å². The van der Waals surface area contributed by atoms with Crippen LogP contribution in [0.25, 0.3) is 0 Å². The molecule has 0 saturated heterocycles. The lowest BCUT2D eigenvalue weighted by Gasteiger charge is -2.20. The number of nitrogens with zero attached hydrogens (tertiary/aromatic N) is 2. The van der Waals surface area contributed by atoms with Crippen LogP contribution in [0, 0.1) is 0 Å². The van der Waals surface area contributed by atoms with Gasteiger partial charge in [0.1, 0.15) is 10.7 Å². The fraction of sp³-hybridized carbons (Fsp3) is 0.667. The maximum atomic E-state index is 12.2. The molecule has 1 rings (SSSR count). The number of hydrogen-bond donors (Lipinski definition) is 2. The minimum Gasteiger partial charge on any atom is -0.382 e. The molecule has 1 amide bonds. The number of anilines is 2. The molecule has 0 saturated carbocycles. The van der Waals surface area contributed by atoms with E-state index in [1.165, 1.54) is 11.3 Å². The molecule has 1 aromatic rings. The molecule has 5 nitrogen and oxygen atoms in total. The number of nitrogens with two attached hydrogens (primary N) is 1. The molecule has 1 heterocycles. The molecule has 0 aromatic carbocycles. The molecule has 1 aromatic heterocycles. The Kier molecular flexibility index (Phi) is 4.21. The Bertz CT molecular complexity index is 434. The Morgan fingerprint density at radius 2 is 2.00 bits per heavy atom. The summed E-state index contributed by atoms with van der Waals surface area (Å²) in [4.78, 5) is 18.5. The third-order valence-electron chi connectivity index (χ3n) is 2.42. The number of hydrogen-bond acceptors (Lipinski definition) is 5. The van der Waals surface area contributed by atoms with Gasteiger partial charge in [0.25, 0.3) is 5.91 Å². The van der Waals surface area contributed by atoms with E-state index in [1.807, 2.05) is 34.6 Å². The fourth-order valence-electron chi connectivity index (χ4n) is 1.25. The molecule has 6 heteroatoms. The molecule has 0 aliphatic heterocycles. The van der Waals surface area contributed by atoms with Gasteiger partial charge in [-0.05, 0) is 34.6 Å². The Balaban J connectivity index is 2.95. The highest BCUT2D eigenvalue weighted by atomic mass is 32.1. The lowest BCUT2D eigenvalue weighted by Crippen LogP contribution is -2.32. The topological polar surface area (TPSA) is 71.2 Å². The molecular formula is C12H22N4OS. The standard InChI is InChI=1S/C12H22N4OS/c1-7(2)16(6)10(17)8-9(13)14-11(18-8)15-12(3,4)5/h7H,13H2,1-6H3,(H,14,15). The van der Waals surface area contributed by atoms with Gasteiger partial charge >= 0.3 is 0 Å². The van der Waals surface area contributed by atoms with Crippen molar-refractivity contribution in [1.29, 1.82) is 0 Å². The summed E-state index contributed by atoms with van der Waals surface area (Å²) in [6.45, 7) is 10.0. The molecule has 0 aliphatic carbocycles. The van der Waals surface area contributed by atoms with Crippen LogP contribution in [0.2, 0.25) is 0 Å². The number of carbonyl (C=O) groups is 1. The zero-order valence-electron chi connectivity index (χ0n) is 11.9. The van der Waals surface area contributed by atoms with Crippen LogP contribution < -0.4 is 11.1 Å². The molecule has 0 atom stereocenters. The van der Waals surface area contributed by atoms with Crippen LogP contribution >= 0.6 is 11.3 Å². The van der Waals surface area contributed by atoms with E-state index in [1.54, 1.807) is 11.9 Å². The number of amides is 1. The predicted molar refractivity (Wildman–Crippen MR) is 77.1 cm³/mol. The second kappa shape index (κ2) is 5.14. The minimum absolute atomic E-state index is 0.0815. The predicted octanol–water partition coefficient (Wildman–Crippen LogP) is 2.42. The lowest BCUT2D eigenvalue weighted by atomic mass is 10.1. The van der Waals surface area contributed by atoms with Gasteiger partial charge in [-0.3, -0.25) is 4.79 Å². The van der Waals surface area contributed by atoms with E-state index < -0.39 is 0 Å². The largest absolute Gasteiger partial charge is 0.382 e. The second-order valence-electron chi connectivity index (χ2n) is 5.62. The highest BCUT2D eigenvalue weighted by Crippen LogP contribution is 2.28. The van der Waals surface area contributed by atoms with E-state index in [0.717, 1.165) is 0 Å². The smallest absolute Gasteiger partial charge is 0.267 e.